The third kappa shape index (κ3) is 4.67. The van der Waals surface area contributed by atoms with Gasteiger partial charge in [0.05, 0.1) is 0 Å². The molecule has 0 saturated carbocycles. The van der Waals surface area contributed by atoms with Crippen LogP contribution in [0.4, 0.5) is 0 Å². The van der Waals surface area contributed by atoms with E-state index in [-0.39, 0.29) is 17.2 Å². The van der Waals surface area contributed by atoms with Crippen LogP contribution in [0.1, 0.15) is 45.2 Å². The van der Waals surface area contributed by atoms with Crippen LogP contribution < -0.4 is 11.1 Å². The number of nitrogens with one attached hydrogen (secondary N) is 1. The van der Waals surface area contributed by atoms with Gasteiger partial charge in [-0.2, -0.15) is 0 Å². The minimum Gasteiger partial charge on any atom is -0.352 e. The third-order valence-electron chi connectivity index (χ3n) is 3.43. The van der Waals surface area contributed by atoms with E-state index >= 15 is 0 Å². The summed E-state index contributed by atoms with van der Waals surface area (Å²) in [7, 11) is 0. The summed E-state index contributed by atoms with van der Waals surface area (Å²) in [5.74, 6) is -0.0289. The van der Waals surface area contributed by atoms with E-state index in [1.807, 2.05) is 6.92 Å². The summed E-state index contributed by atoms with van der Waals surface area (Å²) in [5.41, 5.74) is 8.14. The molecule has 0 fully saturated rings. The molecule has 3 heteroatoms. The SMILES string of the molecule is CCC(CN)C(=O)NCc1ccc(C(C)(C)C)cc1. The van der Waals surface area contributed by atoms with E-state index in [2.05, 4.69) is 50.4 Å². The zero-order valence-corrected chi connectivity index (χ0v) is 12.5. The number of carbonyl (C=O) groups is 1. The second-order valence-electron chi connectivity index (χ2n) is 6.01. The second kappa shape index (κ2) is 6.71. The number of carbonyl (C=O) groups excluding carboxylic acids is 1. The molecule has 3 N–H and O–H groups in total. The molecule has 0 saturated heterocycles. The number of hydrogen-bond donors (Lipinski definition) is 2. The molecular weight excluding hydrogens is 236 g/mol. The fraction of sp³-hybridized carbons (Fsp3) is 0.562. The Morgan fingerprint density at radius 2 is 1.84 bits per heavy atom. The normalized spacial score (nSPS) is 13.1. The highest BCUT2D eigenvalue weighted by Gasteiger charge is 2.15. The maximum atomic E-state index is 11.8. The Labute approximate surface area is 116 Å². The topological polar surface area (TPSA) is 55.1 Å². The Morgan fingerprint density at radius 1 is 1.26 bits per heavy atom. The quantitative estimate of drug-likeness (QED) is 0.857. The summed E-state index contributed by atoms with van der Waals surface area (Å²) in [4.78, 5) is 11.8. The van der Waals surface area contributed by atoms with E-state index in [0.717, 1.165) is 12.0 Å². The molecule has 0 spiro atoms. The second-order valence-corrected chi connectivity index (χ2v) is 6.01. The predicted molar refractivity (Wildman–Crippen MR) is 79.8 cm³/mol. The molecule has 0 aliphatic rings. The first-order valence-electron chi connectivity index (χ1n) is 6.95. The van der Waals surface area contributed by atoms with Crippen molar-refractivity contribution in [2.45, 2.75) is 46.1 Å². The molecule has 1 unspecified atom stereocenters. The smallest absolute Gasteiger partial charge is 0.224 e. The first-order chi connectivity index (χ1) is 8.88. The maximum Gasteiger partial charge on any atom is 0.224 e. The number of rotatable bonds is 5. The van der Waals surface area contributed by atoms with Gasteiger partial charge in [-0.25, -0.2) is 0 Å². The molecule has 1 aromatic carbocycles. The third-order valence-corrected chi connectivity index (χ3v) is 3.43. The van der Waals surface area contributed by atoms with Crippen LogP contribution in [-0.4, -0.2) is 12.5 Å². The van der Waals surface area contributed by atoms with Crippen molar-refractivity contribution in [3.63, 3.8) is 0 Å². The molecule has 0 bridgehead atoms. The van der Waals surface area contributed by atoms with Gasteiger partial charge in [-0.1, -0.05) is 52.0 Å². The minimum absolute atomic E-state index is 0.0462. The first kappa shape index (κ1) is 15.7. The van der Waals surface area contributed by atoms with Crippen molar-refractivity contribution in [3.8, 4) is 0 Å². The standard InChI is InChI=1S/C16H26N2O/c1-5-13(10-17)15(19)18-11-12-6-8-14(9-7-12)16(2,3)4/h6-9,13H,5,10-11,17H2,1-4H3,(H,18,19). The molecule has 0 aliphatic heterocycles. The number of hydrogen-bond acceptors (Lipinski definition) is 2. The van der Waals surface area contributed by atoms with Crippen LogP contribution in [0.3, 0.4) is 0 Å². The Balaban J connectivity index is 2.57. The average molecular weight is 262 g/mol. The molecule has 0 heterocycles. The monoisotopic (exact) mass is 262 g/mol. The molecule has 19 heavy (non-hydrogen) atoms. The van der Waals surface area contributed by atoms with Crippen molar-refractivity contribution in [2.75, 3.05) is 6.54 Å². The summed E-state index contributed by atoms with van der Waals surface area (Å²) in [5, 5.41) is 2.94. The lowest BCUT2D eigenvalue weighted by Gasteiger charge is -2.19. The van der Waals surface area contributed by atoms with E-state index in [0.29, 0.717) is 13.1 Å². The Morgan fingerprint density at radius 3 is 2.26 bits per heavy atom. The molecule has 0 radical (unpaired) electrons. The maximum absolute atomic E-state index is 11.8. The van der Waals surface area contributed by atoms with Crippen molar-refractivity contribution < 1.29 is 4.79 Å². The molecule has 1 amide bonds. The lowest BCUT2D eigenvalue weighted by atomic mass is 9.87. The Kier molecular flexibility index (Phi) is 5.55. The molecule has 1 rings (SSSR count). The molecule has 1 aromatic rings. The van der Waals surface area contributed by atoms with Crippen LogP contribution in [-0.2, 0) is 16.8 Å². The van der Waals surface area contributed by atoms with Gasteiger partial charge in [-0.05, 0) is 23.0 Å². The molecule has 3 nitrogen and oxygen atoms in total. The zero-order valence-electron chi connectivity index (χ0n) is 12.5. The molecule has 106 valence electrons. The van der Waals surface area contributed by atoms with Gasteiger partial charge in [0.25, 0.3) is 0 Å². The van der Waals surface area contributed by atoms with Crippen LogP contribution in [0.2, 0.25) is 0 Å². The fourth-order valence-corrected chi connectivity index (χ4v) is 1.92. The number of nitrogens with two attached hydrogens (primary N) is 1. The van der Waals surface area contributed by atoms with E-state index in [9.17, 15) is 4.79 Å². The molecule has 1 atom stereocenters. The van der Waals surface area contributed by atoms with Crippen LogP contribution in [0.15, 0.2) is 24.3 Å². The van der Waals surface area contributed by atoms with E-state index in [1.54, 1.807) is 0 Å². The summed E-state index contributed by atoms with van der Waals surface area (Å²) >= 11 is 0. The van der Waals surface area contributed by atoms with Crippen molar-refractivity contribution in [2.24, 2.45) is 11.7 Å². The summed E-state index contributed by atoms with van der Waals surface area (Å²) in [6.07, 6.45) is 0.783. The summed E-state index contributed by atoms with van der Waals surface area (Å²) in [6, 6.07) is 8.40. The van der Waals surface area contributed by atoms with Crippen LogP contribution >= 0.6 is 0 Å². The zero-order chi connectivity index (χ0) is 14.5. The van der Waals surface area contributed by atoms with E-state index in [4.69, 9.17) is 5.73 Å². The van der Waals surface area contributed by atoms with Gasteiger partial charge in [0.2, 0.25) is 5.91 Å². The van der Waals surface area contributed by atoms with Crippen molar-refractivity contribution in [1.29, 1.82) is 0 Å². The highest BCUT2D eigenvalue weighted by Crippen LogP contribution is 2.22. The number of benzene rings is 1. The van der Waals surface area contributed by atoms with Gasteiger partial charge in [0.15, 0.2) is 0 Å². The summed E-state index contributed by atoms with van der Waals surface area (Å²) < 4.78 is 0. The predicted octanol–water partition coefficient (Wildman–Crippen LogP) is 2.59. The van der Waals surface area contributed by atoms with Crippen molar-refractivity contribution in [3.05, 3.63) is 35.4 Å². The lowest BCUT2D eigenvalue weighted by molar-refractivity contribution is -0.124. The molecule has 0 aromatic heterocycles. The fourth-order valence-electron chi connectivity index (χ4n) is 1.92. The van der Waals surface area contributed by atoms with Gasteiger partial charge in [0.1, 0.15) is 0 Å². The molecule has 0 aliphatic carbocycles. The van der Waals surface area contributed by atoms with Gasteiger partial charge in [-0.3, -0.25) is 4.79 Å². The van der Waals surface area contributed by atoms with Crippen LogP contribution in [0.5, 0.6) is 0 Å². The highest BCUT2D eigenvalue weighted by molar-refractivity contribution is 5.78. The van der Waals surface area contributed by atoms with Crippen LogP contribution in [0.25, 0.3) is 0 Å². The van der Waals surface area contributed by atoms with Gasteiger partial charge in [-0.15, -0.1) is 0 Å². The largest absolute Gasteiger partial charge is 0.352 e. The Bertz CT molecular complexity index is 400. The van der Waals surface area contributed by atoms with Gasteiger partial charge < -0.3 is 11.1 Å². The van der Waals surface area contributed by atoms with Gasteiger partial charge in [0, 0.05) is 19.0 Å². The highest BCUT2D eigenvalue weighted by atomic mass is 16.1. The Hall–Kier alpha value is -1.35. The van der Waals surface area contributed by atoms with Gasteiger partial charge >= 0.3 is 0 Å². The van der Waals surface area contributed by atoms with E-state index in [1.165, 1.54) is 5.56 Å². The molecular formula is C16H26N2O. The minimum atomic E-state index is -0.0751. The van der Waals surface area contributed by atoms with Crippen molar-refractivity contribution in [1.82, 2.24) is 5.32 Å². The summed E-state index contributed by atoms with van der Waals surface area (Å²) in [6.45, 7) is 9.53. The number of amides is 1. The van der Waals surface area contributed by atoms with E-state index < -0.39 is 0 Å². The lowest BCUT2D eigenvalue weighted by Crippen LogP contribution is -2.34. The first-order valence-corrected chi connectivity index (χ1v) is 6.95. The van der Waals surface area contributed by atoms with Crippen molar-refractivity contribution >= 4 is 5.91 Å². The van der Waals surface area contributed by atoms with Crippen LogP contribution in [0, 0.1) is 5.92 Å². The average Bonchev–Trinajstić information content (AvgIpc) is 2.37.